The summed E-state index contributed by atoms with van der Waals surface area (Å²) in [5.41, 5.74) is 0.562. The second kappa shape index (κ2) is 4.52. The number of esters is 1. The molecule has 1 aliphatic heterocycles. The number of thiophene rings is 1. The first kappa shape index (κ1) is 11.9. The van der Waals surface area contributed by atoms with Crippen LogP contribution in [-0.2, 0) is 9.53 Å². The summed E-state index contributed by atoms with van der Waals surface area (Å²) in [6.07, 6.45) is 0. The predicted octanol–water partition coefficient (Wildman–Crippen LogP) is 2.58. The van der Waals surface area contributed by atoms with Gasteiger partial charge >= 0.3 is 5.97 Å². The fraction of sp³-hybridized carbons (Fsp3) is 0.300. The summed E-state index contributed by atoms with van der Waals surface area (Å²) in [5.74, 6) is -0.187. The molecule has 0 saturated carbocycles. The van der Waals surface area contributed by atoms with Gasteiger partial charge in [0, 0.05) is 0 Å². The molecule has 5 nitrogen and oxygen atoms in total. The van der Waals surface area contributed by atoms with Crippen LogP contribution in [0.2, 0.25) is 0 Å². The Morgan fingerprint density at radius 3 is 3.17 bits per heavy atom. The van der Waals surface area contributed by atoms with Crippen LogP contribution in [0, 0.1) is 0 Å². The number of anilines is 1. The van der Waals surface area contributed by atoms with Crippen LogP contribution in [0.25, 0.3) is 9.40 Å². The van der Waals surface area contributed by atoms with Gasteiger partial charge in [-0.25, -0.2) is 4.79 Å². The number of rotatable bonds is 2. The van der Waals surface area contributed by atoms with Crippen LogP contribution in [0.4, 0.5) is 5.69 Å². The Kier molecular flexibility index (Phi) is 3.00. The van der Waals surface area contributed by atoms with E-state index in [0.29, 0.717) is 22.9 Å². The summed E-state index contributed by atoms with van der Waals surface area (Å²) >= 11 is 4.07. The SMILES string of the molecule is CCOC(=O)c1sc2snc3c2c1NC(=O)CS3. The zero-order valence-electron chi connectivity index (χ0n) is 9.31. The smallest absolute Gasteiger partial charge is 0.350 e. The van der Waals surface area contributed by atoms with Crippen LogP contribution in [0.3, 0.4) is 0 Å². The van der Waals surface area contributed by atoms with E-state index in [2.05, 4.69) is 9.69 Å². The van der Waals surface area contributed by atoms with Gasteiger partial charge in [-0.05, 0) is 18.5 Å². The van der Waals surface area contributed by atoms with Crippen LogP contribution in [0.15, 0.2) is 5.03 Å². The summed E-state index contributed by atoms with van der Waals surface area (Å²) in [6.45, 7) is 2.07. The van der Waals surface area contributed by atoms with Crippen molar-refractivity contribution < 1.29 is 14.3 Å². The third-order valence-electron chi connectivity index (χ3n) is 2.37. The molecule has 0 atom stereocenters. The molecule has 1 N–H and O–H groups in total. The number of aromatic nitrogens is 1. The van der Waals surface area contributed by atoms with E-state index in [1.165, 1.54) is 34.6 Å². The number of hydrogen-bond donors (Lipinski definition) is 1. The fourth-order valence-corrected chi connectivity index (χ4v) is 4.75. The predicted molar refractivity (Wildman–Crippen MR) is 72.8 cm³/mol. The first-order valence-electron chi connectivity index (χ1n) is 5.22. The van der Waals surface area contributed by atoms with Crippen molar-refractivity contribution in [1.82, 2.24) is 4.37 Å². The third-order valence-corrected chi connectivity index (χ3v) is 5.54. The van der Waals surface area contributed by atoms with Crippen molar-refractivity contribution >= 4 is 61.6 Å². The lowest BCUT2D eigenvalue weighted by atomic mass is 10.3. The van der Waals surface area contributed by atoms with E-state index in [9.17, 15) is 9.59 Å². The molecule has 2 aromatic rings. The molecular weight excluding hydrogens is 292 g/mol. The van der Waals surface area contributed by atoms with Gasteiger partial charge in [-0.3, -0.25) is 4.79 Å². The monoisotopic (exact) mass is 300 g/mol. The second-order valence-corrected chi connectivity index (χ2v) is 6.53. The molecule has 1 aliphatic rings. The first-order chi connectivity index (χ1) is 8.70. The molecule has 3 rings (SSSR count). The first-order valence-corrected chi connectivity index (χ1v) is 7.80. The third kappa shape index (κ3) is 1.80. The number of ether oxygens (including phenoxy) is 1. The molecule has 2 aromatic heterocycles. The minimum Gasteiger partial charge on any atom is -0.462 e. The van der Waals surface area contributed by atoms with Crippen LogP contribution in [0.5, 0.6) is 0 Å². The molecule has 0 aliphatic carbocycles. The van der Waals surface area contributed by atoms with Gasteiger partial charge in [-0.1, -0.05) is 11.8 Å². The van der Waals surface area contributed by atoms with Crippen molar-refractivity contribution in [3.63, 3.8) is 0 Å². The van der Waals surface area contributed by atoms with E-state index >= 15 is 0 Å². The summed E-state index contributed by atoms with van der Waals surface area (Å²) < 4.78 is 10.2. The second-order valence-electron chi connectivity index (χ2n) is 3.51. The highest BCUT2D eigenvalue weighted by atomic mass is 32.2. The molecule has 3 heterocycles. The normalized spacial score (nSPS) is 14.4. The van der Waals surface area contributed by atoms with Gasteiger partial charge in [0.25, 0.3) is 0 Å². The van der Waals surface area contributed by atoms with Crippen LogP contribution >= 0.6 is 34.6 Å². The van der Waals surface area contributed by atoms with Crippen molar-refractivity contribution in [3.05, 3.63) is 4.88 Å². The molecule has 0 spiro atoms. The molecule has 0 aromatic carbocycles. The van der Waals surface area contributed by atoms with Gasteiger partial charge in [0.05, 0.1) is 23.4 Å². The standard InChI is InChI=1S/C10H8N2O3S3/c1-2-15-9(14)7-6-5-8(12-18-10(5)17-7)16-3-4(13)11-6/h2-3H2,1H3,(H,11,13). The maximum Gasteiger partial charge on any atom is 0.350 e. The highest BCUT2D eigenvalue weighted by Crippen LogP contribution is 2.45. The molecule has 0 unspecified atom stereocenters. The lowest BCUT2D eigenvalue weighted by Crippen LogP contribution is -2.14. The van der Waals surface area contributed by atoms with Crippen molar-refractivity contribution in [3.8, 4) is 0 Å². The van der Waals surface area contributed by atoms with Gasteiger partial charge < -0.3 is 10.1 Å². The number of carbonyl (C=O) groups excluding carboxylic acids is 2. The molecule has 94 valence electrons. The summed E-state index contributed by atoms with van der Waals surface area (Å²) in [7, 11) is 0. The van der Waals surface area contributed by atoms with E-state index in [4.69, 9.17) is 4.74 Å². The van der Waals surface area contributed by atoms with Crippen molar-refractivity contribution in [2.45, 2.75) is 11.9 Å². The Balaban J connectivity index is 2.18. The van der Waals surface area contributed by atoms with Gasteiger partial charge in [0.1, 0.15) is 13.9 Å². The van der Waals surface area contributed by atoms with Gasteiger partial charge in [0.2, 0.25) is 5.91 Å². The number of carbonyl (C=O) groups is 2. The zero-order chi connectivity index (χ0) is 12.7. The molecule has 8 heteroatoms. The molecule has 0 fully saturated rings. The van der Waals surface area contributed by atoms with Crippen LogP contribution in [-0.4, -0.2) is 28.6 Å². The minimum absolute atomic E-state index is 0.117. The topological polar surface area (TPSA) is 68.3 Å². The molecule has 0 saturated heterocycles. The summed E-state index contributed by atoms with van der Waals surface area (Å²) in [5, 5.41) is 4.47. The highest BCUT2D eigenvalue weighted by Gasteiger charge is 2.27. The largest absolute Gasteiger partial charge is 0.462 e. The maximum atomic E-state index is 11.9. The Morgan fingerprint density at radius 1 is 1.56 bits per heavy atom. The van der Waals surface area contributed by atoms with Crippen molar-refractivity contribution in [1.29, 1.82) is 0 Å². The summed E-state index contributed by atoms with van der Waals surface area (Å²) in [6, 6.07) is 0. The van der Waals surface area contributed by atoms with Crippen molar-refractivity contribution in [2.24, 2.45) is 0 Å². The molecule has 1 amide bonds. The zero-order valence-corrected chi connectivity index (χ0v) is 11.8. The van der Waals surface area contributed by atoms with Crippen LogP contribution in [0.1, 0.15) is 16.6 Å². The molecule has 18 heavy (non-hydrogen) atoms. The van der Waals surface area contributed by atoms with Crippen molar-refractivity contribution in [2.75, 3.05) is 17.7 Å². The minimum atomic E-state index is -0.390. The average molecular weight is 300 g/mol. The number of nitrogens with one attached hydrogen (secondary N) is 1. The molecule has 0 bridgehead atoms. The van der Waals surface area contributed by atoms with E-state index in [0.717, 1.165) is 14.4 Å². The van der Waals surface area contributed by atoms with Gasteiger partial charge in [-0.2, -0.15) is 4.37 Å². The lowest BCUT2D eigenvalue weighted by Gasteiger charge is -2.03. The van der Waals surface area contributed by atoms with Gasteiger partial charge in [0.15, 0.2) is 0 Å². The van der Waals surface area contributed by atoms with E-state index < -0.39 is 0 Å². The maximum absolute atomic E-state index is 11.9. The van der Waals surface area contributed by atoms with E-state index in [1.807, 2.05) is 0 Å². The Morgan fingerprint density at radius 2 is 2.39 bits per heavy atom. The number of hydrogen-bond acceptors (Lipinski definition) is 7. The van der Waals surface area contributed by atoms with Crippen LogP contribution < -0.4 is 5.32 Å². The fourth-order valence-electron chi connectivity index (χ4n) is 1.66. The Labute approximate surface area is 115 Å². The molecular formula is C10H8N2O3S3. The Hall–Kier alpha value is -1.12. The number of amides is 1. The molecule has 0 radical (unpaired) electrons. The quantitative estimate of drug-likeness (QED) is 0.863. The lowest BCUT2D eigenvalue weighted by molar-refractivity contribution is -0.113. The summed E-state index contributed by atoms with van der Waals surface area (Å²) in [4.78, 5) is 23.9. The average Bonchev–Trinajstić information content (AvgIpc) is 2.83. The number of nitrogens with zero attached hydrogens (tertiary/aromatic N) is 1. The van der Waals surface area contributed by atoms with Gasteiger partial charge in [-0.15, -0.1) is 11.3 Å². The number of thioether (sulfide) groups is 1. The van der Waals surface area contributed by atoms with E-state index in [1.54, 1.807) is 6.92 Å². The highest BCUT2D eigenvalue weighted by molar-refractivity contribution is 8.00. The van der Waals surface area contributed by atoms with E-state index in [-0.39, 0.29) is 11.9 Å². The Bertz CT molecular complexity index is 646.